The molecule has 0 saturated carbocycles. The molecule has 0 unspecified atom stereocenters. The Balaban J connectivity index is 1.53. The largest absolute Gasteiger partial charge is 0.326 e. The summed E-state index contributed by atoms with van der Waals surface area (Å²) >= 11 is 12.2. The molecule has 1 aliphatic rings. The van der Waals surface area contributed by atoms with E-state index in [1.165, 1.54) is 5.56 Å². The van der Waals surface area contributed by atoms with Gasteiger partial charge in [-0.2, -0.15) is 0 Å². The van der Waals surface area contributed by atoms with Crippen molar-refractivity contribution in [3.63, 3.8) is 0 Å². The van der Waals surface area contributed by atoms with Crippen molar-refractivity contribution in [2.75, 3.05) is 30.3 Å². The molecule has 1 aliphatic heterocycles. The zero-order chi connectivity index (χ0) is 20.8. The van der Waals surface area contributed by atoms with Gasteiger partial charge < -0.3 is 15.5 Å². The van der Waals surface area contributed by atoms with Gasteiger partial charge in [0.1, 0.15) is 0 Å². The van der Waals surface area contributed by atoms with Crippen LogP contribution < -0.4 is 16.4 Å². The maximum absolute atomic E-state index is 12.6. The van der Waals surface area contributed by atoms with E-state index in [2.05, 4.69) is 10.6 Å². The molecule has 0 atom stereocenters. The normalized spacial score (nSPS) is 14.5. The van der Waals surface area contributed by atoms with Gasteiger partial charge in [0, 0.05) is 31.7 Å². The van der Waals surface area contributed by atoms with Crippen LogP contribution >= 0.6 is 23.2 Å². The van der Waals surface area contributed by atoms with Crippen molar-refractivity contribution in [1.82, 2.24) is 10.6 Å². The summed E-state index contributed by atoms with van der Waals surface area (Å²) in [6.07, 6.45) is 1.91. The maximum Gasteiger partial charge on any atom is 0.321 e. The highest BCUT2D eigenvalue weighted by Crippen LogP contribution is 2.32. The summed E-state index contributed by atoms with van der Waals surface area (Å²) in [7, 11) is 0. The van der Waals surface area contributed by atoms with Crippen LogP contribution in [0.25, 0.3) is 0 Å². The first-order valence-electron chi connectivity index (χ1n) is 9.52. The van der Waals surface area contributed by atoms with Crippen molar-refractivity contribution in [2.45, 2.75) is 25.2 Å². The minimum absolute atomic E-state index is 0.0821. The first-order valence-corrected chi connectivity index (χ1v) is 10.3. The van der Waals surface area contributed by atoms with E-state index >= 15 is 0 Å². The van der Waals surface area contributed by atoms with Crippen molar-refractivity contribution in [3.8, 4) is 0 Å². The molecule has 0 aliphatic carbocycles. The van der Waals surface area contributed by atoms with Crippen molar-refractivity contribution in [2.24, 2.45) is 0 Å². The lowest BCUT2D eigenvalue weighted by Crippen LogP contribution is -2.40. The first-order chi connectivity index (χ1) is 14.0. The molecule has 3 amide bonds. The topological polar surface area (TPSA) is 85.2 Å². The Morgan fingerprint density at radius 3 is 2.21 bits per heavy atom. The zero-order valence-electron chi connectivity index (χ0n) is 15.9. The van der Waals surface area contributed by atoms with Gasteiger partial charge in [-0.05, 0) is 48.6 Å². The van der Waals surface area contributed by atoms with Crippen LogP contribution in [-0.2, 0) is 4.79 Å². The predicted octanol–water partition coefficient (Wildman–Crippen LogP) is 5.02. The van der Waals surface area contributed by atoms with Crippen molar-refractivity contribution in [1.29, 1.82) is 0 Å². The molecule has 0 bridgehead atoms. The number of hydrogen-bond donors (Lipinski definition) is 2. The minimum atomic E-state index is -0.203. The van der Waals surface area contributed by atoms with Crippen LogP contribution in [0, 0.1) is 0 Å². The van der Waals surface area contributed by atoms with Gasteiger partial charge in [-0.3, -0.25) is 10.5 Å². The summed E-state index contributed by atoms with van der Waals surface area (Å²) in [5.74, 6) is 0.214. The van der Waals surface area contributed by atoms with Crippen LogP contribution in [0.4, 0.5) is 16.2 Å². The van der Waals surface area contributed by atoms with Crippen molar-refractivity contribution >= 4 is 46.5 Å². The monoisotopic (exact) mass is 433 g/mol. The van der Waals surface area contributed by atoms with Gasteiger partial charge in [0.25, 0.3) is 0 Å². The molecule has 3 rings (SSSR count). The van der Waals surface area contributed by atoms with Crippen LogP contribution in [0.2, 0.25) is 10.0 Å². The van der Waals surface area contributed by atoms with E-state index in [0.717, 1.165) is 18.5 Å². The number of benzene rings is 2. The van der Waals surface area contributed by atoms with Crippen LogP contribution in [0.15, 0.2) is 42.5 Å². The Kier molecular flexibility index (Phi) is 7.36. The average molecular weight is 434 g/mol. The second-order valence-electron chi connectivity index (χ2n) is 6.96. The van der Waals surface area contributed by atoms with E-state index < -0.39 is 0 Å². The number of likely N-dealkylation sites (tertiary alicyclic amines) is 1. The Bertz CT molecular complexity index is 845. The highest BCUT2D eigenvalue weighted by molar-refractivity contribution is 6.39. The molecule has 2 aromatic rings. The summed E-state index contributed by atoms with van der Waals surface area (Å²) in [5, 5.41) is 6.42. The number of nitrogens with zero attached hydrogens (tertiary/aromatic N) is 1. The Hall–Kier alpha value is -2.28. The van der Waals surface area contributed by atoms with Gasteiger partial charge in [-0.25, -0.2) is 4.79 Å². The van der Waals surface area contributed by atoms with Crippen LogP contribution in [0.3, 0.4) is 0 Å². The molecule has 2 aromatic carbocycles. The molecule has 153 valence electrons. The Morgan fingerprint density at radius 2 is 1.62 bits per heavy atom. The van der Waals surface area contributed by atoms with E-state index in [-0.39, 0.29) is 24.9 Å². The van der Waals surface area contributed by atoms with Crippen LogP contribution in [0.1, 0.15) is 30.7 Å². The SMILES string of the molecule is [NH]CCC(=O)Nc1ccc(C2CCN(C(=O)Nc3c(Cl)cccc3Cl)CC2)cc1. The molecule has 1 saturated heterocycles. The minimum Gasteiger partial charge on any atom is -0.326 e. The number of piperidine rings is 1. The number of carbonyl (C=O) groups excluding carboxylic acids is 2. The highest BCUT2D eigenvalue weighted by Gasteiger charge is 2.24. The molecule has 1 radical (unpaired) electrons. The third-order valence-electron chi connectivity index (χ3n) is 4.99. The van der Waals surface area contributed by atoms with Gasteiger partial charge in [-0.15, -0.1) is 0 Å². The molecule has 1 fully saturated rings. The number of urea groups is 1. The molecule has 0 aromatic heterocycles. The Labute approximate surface area is 180 Å². The van der Waals surface area contributed by atoms with Crippen LogP contribution in [0.5, 0.6) is 0 Å². The molecular weight excluding hydrogens is 411 g/mol. The van der Waals surface area contributed by atoms with Gasteiger partial charge >= 0.3 is 6.03 Å². The second kappa shape index (κ2) is 9.96. The standard InChI is InChI=1S/C21H23Cl2N4O2/c22-17-2-1-3-18(23)20(17)26-21(29)27-12-9-15(10-13-27)14-4-6-16(7-5-14)25-19(28)8-11-24/h1-7,15,24H,8-13H2,(H,25,28)(H,26,29). The number of hydrogen-bond acceptors (Lipinski definition) is 2. The number of halogens is 2. The van der Waals surface area contributed by atoms with Crippen molar-refractivity contribution in [3.05, 3.63) is 58.1 Å². The van der Waals surface area contributed by atoms with Crippen LogP contribution in [-0.4, -0.2) is 36.5 Å². The summed E-state index contributed by atoms with van der Waals surface area (Å²) < 4.78 is 0. The van der Waals surface area contributed by atoms with Gasteiger partial charge in [0.2, 0.25) is 5.91 Å². The molecule has 1 heterocycles. The predicted molar refractivity (Wildman–Crippen MR) is 117 cm³/mol. The van der Waals surface area contributed by atoms with E-state index in [4.69, 9.17) is 28.9 Å². The second-order valence-corrected chi connectivity index (χ2v) is 7.77. The zero-order valence-corrected chi connectivity index (χ0v) is 17.4. The molecule has 29 heavy (non-hydrogen) atoms. The van der Waals surface area contributed by atoms with E-state index in [9.17, 15) is 9.59 Å². The summed E-state index contributed by atoms with van der Waals surface area (Å²) in [6, 6.07) is 12.7. The fraction of sp³-hybridized carbons (Fsp3) is 0.333. The summed E-state index contributed by atoms with van der Waals surface area (Å²) in [6.45, 7) is 1.36. The lowest BCUT2D eigenvalue weighted by molar-refractivity contribution is -0.116. The smallest absolute Gasteiger partial charge is 0.321 e. The third kappa shape index (κ3) is 5.63. The lowest BCUT2D eigenvalue weighted by atomic mass is 9.89. The number of para-hydroxylation sites is 1. The van der Waals surface area contributed by atoms with Gasteiger partial charge in [0.15, 0.2) is 0 Å². The van der Waals surface area contributed by atoms with E-state index in [0.29, 0.717) is 34.7 Å². The molecular formula is C21H23Cl2N4O2. The van der Waals surface area contributed by atoms with Gasteiger partial charge in [-0.1, -0.05) is 41.4 Å². The van der Waals surface area contributed by atoms with Gasteiger partial charge in [0.05, 0.1) is 15.7 Å². The molecule has 6 nitrogen and oxygen atoms in total. The number of rotatable bonds is 5. The highest BCUT2D eigenvalue weighted by atomic mass is 35.5. The first kappa shape index (κ1) is 21.4. The third-order valence-corrected chi connectivity index (χ3v) is 5.62. The fourth-order valence-corrected chi connectivity index (χ4v) is 3.89. The quantitative estimate of drug-likeness (QED) is 0.693. The van der Waals surface area contributed by atoms with E-state index in [1.807, 2.05) is 24.3 Å². The number of carbonyl (C=O) groups is 2. The maximum atomic E-state index is 12.6. The molecule has 3 N–H and O–H groups in total. The molecule has 0 spiro atoms. The number of amides is 3. The average Bonchev–Trinajstić information content (AvgIpc) is 2.71. The summed E-state index contributed by atoms with van der Waals surface area (Å²) in [4.78, 5) is 25.9. The Morgan fingerprint density at radius 1 is 1.00 bits per heavy atom. The fourth-order valence-electron chi connectivity index (χ4n) is 3.39. The number of nitrogens with one attached hydrogen (secondary N) is 3. The number of anilines is 2. The summed E-state index contributed by atoms with van der Waals surface area (Å²) in [5.41, 5.74) is 9.46. The van der Waals surface area contributed by atoms with E-state index in [1.54, 1.807) is 23.1 Å². The lowest BCUT2D eigenvalue weighted by Gasteiger charge is -2.32. The molecule has 8 heteroatoms. The van der Waals surface area contributed by atoms with Crippen molar-refractivity contribution < 1.29 is 9.59 Å².